The van der Waals surface area contributed by atoms with E-state index in [0.29, 0.717) is 11.7 Å². The standard InChI is InChI=1S/C15H13ClF3N5.C7H12O2/c1-6(2)24-10-4-7(11-8(16)5-21-15(20)23-11)3-9(17)12(10)22-14(24)13(18)19;8-6-3-1-5-2-4-7(6)9-5/h3-6,13H,1-2H3,(H2,20,21,23);5-8H,1-4H2/t;5-,6?,7?/m.0/s1. The van der Waals surface area contributed by atoms with Crippen molar-refractivity contribution in [3.05, 3.63) is 35.0 Å². The molecule has 0 spiro atoms. The highest BCUT2D eigenvalue weighted by molar-refractivity contribution is 6.33. The summed E-state index contributed by atoms with van der Waals surface area (Å²) in [4.78, 5) is 11.5. The van der Waals surface area contributed by atoms with Gasteiger partial charge < -0.3 is 20.1 Å². The van der Waals surface area contributed by atoms with Gasteiger partial charge in [-0.15, -0.1) is 0 Å². The van der Waals surface area contributed by atoms with E-state index in [0.717, 1.165) is 25.3 Å². The first kappa shape index (κ1) is 23.7. The van der Waals surface area contributed by atoms with Crippen LogP contribution in [0.5, 0.6) is 0 Å². The van der Waals surface area contributed by atoms with Gasteiger partial charge >= 0.3 is 0 Å². The van der Waals surface area contributed by atoms with Crippen LogP contribution in [-0.4, -0.2) is 42.9 Å². The van der Waals surface area contributed by atoms with E-state index in [1.165, 1.54) is 23.3 Å². The minimum absolute atomic E-state index is 0.0273. The van der Waals surface area contributed by atoms with Gasteiger partial charge in [-0.3, -0.25) is 0 Å². The number of aliphatic hydroxyl groups excluding tert-OH is 1. The van der Waals surface area contributed by atoms with Gasteiger partial charge in [0.25, 0.3) is 6.43 Å². The highest BCUT2D eigenvalue weighted by Crippen LogP contribution is 2.34. The van der Waals surface area contributed by atoms with Crippen molar-refractivity contribution in [2.45, 2.75) is 70.3 Å². The Labute approximate surface area is 193 Å². The summed E-state index contributed by atoms with van der Waals surface area (Å²) in [6, 6.07) is 2.33. The molecule has 3 atom stereocenters. The number of aromatic nitrogens is 4. The first-order valence-electron chi connectivity index (χ1n) is 10.8. The summed E-state index contributed by atoms with van der Waals surface area (Å²) in [5.41, 5.74) is 6.19. The van der Waals surface area contributed by atoms with Gasteiger partial charge in [0.2, 0.25) is 5.95 Å². The zero-order valence-electron chi connectivity index (χ0n) is 18.2. The fourth-order valence-electron chi connectivity index (χ4n) is 4.36. The summed E-state index contributed by atoms with van der Waals surface area (Å²) in [6.07, 6.45) is 3.25. The van der Waals surface area contributed by atoms with Crippen molar-refractivity contribution in [1.29, 1.82) is 0 Å². The highest BCUT2D eigenvalue weighted by Gasteiger charge is 2.35. The van der Waals surface area contributed by atoms with Crippen LogP contribution < -0.4 is 5.73 Å². The Kier molecular flexibility index (Phi) is 6.78. The first-order valence-corrected chi connectivity index (χ1v) is 11.1. The van der Waals surface area contributed by atoms with Crippen molar-refractivity contribution in [3.63, 3.8) is 0 Å². The molecule has 0 amide bonds. The summed E-state index contributed by atoms with van der Waals surface area (Å²) in [7, 11) is 0. The molecule has 2 saturated heterocycles. The Morgan fingerprint density at radius 3 is 2.58 bits per heavy atom. The topological polar surface area (TPSA) is 99.1 Å². The summed E-state index contributed by atoms with van der Waals surface area (Å²) in [5, 5.41) is 9.44. The zero-order valence-corrected chi connectivity index (χ0v) is 18.9. The minimum Gasteiger partial charge on any atom is -0.390 e. The van der Waals surface area contributed by atoms with E-state index in [4.69, 9.17) is 22.1 Å². The summed E-state index contributed by atoms with van der Waals surface area (Å²) in [6.45, 7) is 3.43. The van der Waals surface area contributed by atoms with E-state index in [9.17, 15) is 18.3 Å². The van der Waals surface area contributed by atoms with Crippen molar-refractivity contribution in [2.24, 2.45) is 0 Å². The Hall–Kier alpha value is -2.43. The predicted molar refractivity (Wildman–Crippen MR) is 119 cm³/mol. The lowest BCUT2D eigenvalue weighted by Gasteiger charge is -2.24. The Bertz CT molecular complexity index is 1160. The minimum atomic E-state index is -2.82. The third kappa shape index (κ3) is 4.78. The number of rotatable bonds is 3. The van der Waals surface area contributed by atoms with Gasteiger partial charge in [-0.05, 0) is 51.7 Å². The number of aliphatic hydroxyl groups is 1. The van der Waals surface area contributed by atoms with E-state index in [1.54, 1.807) is 13.8 Å². The number of imidazole rings is 1. The number of anilines is 1. The summed E-state index contributed by atoms with van der Waals surface area (Å²) < 4.78 is 47.7. The second-order valence-corrected chi connectivity index (χ2v) is 8.91. The predicted octanol–water partition coefficient (Wildman–Crippen LogP) is 5.08. The molecule has 7 nitrogen and oxygen atoms in total. The van der Waals surface area contributed by atoms with Gasteiger partial charge in [0.1, 0.15) is 5.52 Å². The normalized spacial score (nSPS) is 22.2. The molecule has 3 N–H and O–H groups in total. The molecule has 33 heavy (non-hydrogen) atoms. The van der Waals surface area contributed by atoms with Crippen LogP contribution in [0.3, 0.4) is 0 Å². The van der Waals surface area contributed by atoms with E-state index in [2.05, 4.69) is 15.0 Å². The van der Waals surface area contributed by atoms with Gasteiger partial charge in [-0.25, -0.2) is 28.1 Å². The zero-order chi connectivity index (χ0) is 23.9. The number of ether oxygens (including phenoxy) is 1. The SMILES string of the molecule is CC(C)n1c(C(F)F)nc2c(F)cc(-c3nc(N)ncc3Cl)cc21.OC1CC[C@H]2CCC1O2. The molecule has 0 radical (unpaired) electrons. The van der Waals surface area contributed by atoms with Crippen LogP contribution in [0, 0.1) is 5.82 Å². The molecular weight excluding hydrogens is 459 g/mol. The van der Waals surface area contributed by atoms with Crippen molar-refractivity contribution in [1.82, 2.24) is 19.5 Å². The maximum absolute atomic E-state index is 14.4. The highest BCUT2D eigenvalue weighted by atomic mass is 35.5. The molecule has 5 rings (SSSR count). The number of fused-ring (bicyclic) bond motifs is 3. The van der Waals surface area contributed by atoms with Crippen LogP contribution in [-0.2, 0) is 4.74 Å². The molecule has 4 heterocycles. The summed E-state index contributed by atoms with van der Waals surface area (Å²) >= 11 is 6.05. The number of nitrogen functional groups attached to an aromatic ring is 1. The first-order chi connectivity index (χ1) is 15.7. The third-order valence-electron chi connectivity index (χ3n) is 5.88. The largest absolute Gasteiger partial charge is 0.390 e. The lowest BCUT2D eigenvalue weighted by atomic mass is 10.1. The quantitative estimate of drug-likeness (QED) is 0.539. The van der Waals surface area contributed by atoms with E-state index in [1.807, 2.05) is 0 Å². The van der Waals surface area contributed by atoms with Gasteiger partial charge in [0, 0.05) is 11.6 Å². The van der Waals surface area contributed by atoms with Crippen molar-refractivity contribution in [3.8, 4) is 11.3 Å². The van der Waals surface area contributed by atoms with Crippen molar-refractivity contribution in [2.75, 3.05) is 5.73 Å². The number of halogens is 4. The van der Waals surface area contributed by atoms with Crippen LogP contribution in [0.1, 0.15) is 57.8 Å². The van der Waals surface area contributed by atoms with Crippen LogP contribution in [0.25, 0.3) is 22.3 Å². The van der Waals surface area contributed by atoms with Gasteiger partial charge in [-0.1, -0.05) is 11.6 Å². The van der Waals surface area contributed by atoms with Gasteiger partial charge in [0.05, 0.1) is 40.7 Å². The number of hydrogen-bond donors (Lipinski definition) is 2. The van der Waals surface area contributed by atoms with Gasteiger partial charge in [-0.2, -0.15) is 0 Å². The van der Waals surface area contributed by atoms with E-state index < -0.39 is 18.1 Å². The molecule has 2 bridgehead atoms. The molecule has 1 aromatic carbocycles. The van der Waals surface area contributed by atoms with Gasteiger partial charge in [0.15, 0.2) is 11.6 Å². The smallest absolute Gasteiger partial charge is 0.295 e. The van der Waals surface area contributed by atoms with Crippen molar-refractivity contribution < 1.29 is 23.0 Å². The number of alkyl halides is 2. The summed E-state index contributed by atoms with van der Waals surface area (Å²) in [5.74, 6) is -1.25. The fraction of sp³-hybridized carbons (Fsp3) is 0.500. The molecule has 0 aliphatic carbocycles. The van der Waals surface area contributed by atoms with Crippen LogP contribution >= 0.6 is 11.6 Å². The molecule has 2 aliphatic rings. The Morgan fingerprint density at radius 2 is 1.91 bits per heavy atom. The molecule has 0 saturated carbocycles. The molecule has 2 unspecified atom stereocenters. The Balaban J connectivity index is 0.000000238. The number of nitrogens with two attached hydrogens (primary N) is 1. The molecule has 2 aliphatic heterocycles. The molecule has 2 fully saturated rings. The number of benzene rings is 1. The third-order valence-corrected chi connectivity index (χ3v) is 6.15. The lowest BCUT2D eigenvalue weighted by Crippen LogP contribution is -2.31. The van der Waals surface area contributed by atoms with E-state index in [-0.39, 0.29) is 45.9 Å². The maximum atomic E-state index is 14.4. The molecule has 3 aromatic rings. The number of nitrogens with zero attached hydrogens (tertiary/aromatic N) is 4. The number of hydrogen-bond acceptors (Lipinski definition) is 6. The molecule has 178 valence electrons. The average molecular weight is 484 g/mol. The molecule has 2 aromatic heterocycles. The second-order valence-electron chi connectivity index (χ2n) is 8.50. The van der Waals surface area contributed by atoms with Crippen molar-refractivity contribution >= 4 is 28.6 Å². The lowest BCUT2D eigenvalue weighted by molar-refractivity contribution is -0.0746. The van der Waals surface area contributed by atoms with Crippen LogP contribution in [0.2, 0.25) is 5.02 Å². The Morgan fingerprint density at radius 1 is 1.18 bits per heavy atom. The van der Waals surface area contributed by atoms with E-state index >= 15 is 0 Å². The monoisotopic (exact) mass is 483 g/mol. The molecular formula is C22H25ClF3N5O2. The average Bonchev–Trinajstić information content (AvgIpc) is 3.35. The second kappa shape index (κ2) is 9.44. The fourth-order valence-corrected chi connectivity index (χ4v) is 4.56. The van der Waals surface area contributed by atoms with Crippen LogP contribution in [0.4, 0.5) is 19.1 Å². The molecule has 11 heteroatoms. The maximum Gasteiger partial charge on any atom is 0.295 e. The van der Waals surface area contributed by atoms with Crippen LogP contribution in [0.15, 0.2) is 18.3 Å².